The second-order valence-electron chi connectivity index (χ2n) is 3.51. The predicted molar refractivity (Wildman–Crippen MR) is 60.6 cm³/mol. The molecule has 1 aliphatic carbocycles. The van der Waals surface area contributed by atoms with Gasteiger partial charge in [0.05, 0.1) is 22.1 Å². The van der Waals surface area contributed by atoms with Crippen molar-refractivity contribution in [2.75, 3.05) is 7.05 Å². The Bertz CT molecular complexity index is 473. The minimum Gasteiger partial charge on any atom is -0.361 e. The lowest BCUT2D eigenvalue weighted by Crippen LogP contribution is -2.26. The molecule has 82 valence electrons. The maximum absolute atomic E-state index is 10.6. The fourth-order valence-electron chi connectivity index (χ4n) is 1.76. The zero-order valence-corrected chi connectivity index (χ0v) is 9.40. The van der Waals surface area contributed by atoms with Crippen molar-refractivity contribution in [1.82, 2.24) is 4.90 Å². The molecule has 6 heteroatoms. The highest BCUT2D eigenvalue weighted by Crippen LogP contribution is 2.44. The van der Waals surface area contributed by atoms with Gasteiger partial charge in [-0.25, -0.2) is 0 Å². The Morgan fingerprint density at radius 1 is 1.81 bits per heavy atom. The number of nitro groups is 1. The number of nitriles is 1. The first-order valence-corrected chi connectivity index (χ1v) is 5.51. The molecule has 0 aromatic carbocycles. The van der Waals surface area contributed by atoms with Crippen molar-refractivity contribution in [2.24, 2.45) is 0 Å². The summed E-state index contributed by atoms with van der Waals surface area (Å²) in [5.41, 5.74) is 0.144. The van der Waals surface area contributed by atoms with Crippen molar-refractivity contribution in [3.8, 4) is 6.07 Å². The summed E-state index contributed by atoms with van der Waals surface area (Å²) in [5, 5.41) is 20.1. The summed E-state index contributed by atoms with van der Waals surface area (Å²) < 4.78 is 0. The van der Waals surface area contributed by atoms with Gasteiger partial charge >= 0.3 is 0 Å². The molecule has 0 aromatic rings. The van der Waals surface area contributed by atoms with Crippen LogP contribution in [0, 0.1) is 21.4 Å². The fraction of sp³-hybridized carbons (Fsp3) is 0.300. The van der Waals surface area contributed by atoms with Gasteiger partial charge in [0.1, 0.15) is 0 Å². The molecule has 1 unspecified atom stereocenters. The molecule has 1 atom stereocenters. The van der Waals surface area contributed by atoms with E-state index in [9.17, 15) is 10.1 Å². The van der Waals surface area contributed by atoms with Crippen molar-refractivity contribution in [2.45, 2.75) is 12.5 Å². The number of rotatable bonds is 1. The van der Waals surface area contributed by atoms with E-state index in [4.69, 9.17) is 5.26 Å². The quantitative estimate of drug-likeness (QED) is 0.394. The van der Waals surface area contributed by atoms with Crippen LogP contribution >= 0.6 is 11.8 Å². The van der Waals surface area contributed by atoms with Gasteiger partial charge in [-0.1, -0.05) is 11.8 Å². The standard InChI is InChI=1S/C10H9N3O2S/c1-12-8-3-2-7(13(14)15)6-9(8)16-10(12)4-5-11/h2,4,6,8H,3H2,1H3. The topological polar surface area (TPSA) is 70.2 Å². The number of nitrogens with zero attached hydrogens (tertiary/aromatic N) is 3. The summed E-state index contributed by atoms with van der Waals surface area (Å²) in [6.45, 7) is 0. The maximum Gasteiger partial charge on any atom is 0.266 e. The number of fused-ring (bicyclic) bond motifs is 1. The SMILES string of the molecule is CN1C(=CC#N)SC2=CC([N+](=O)[O-])=CCC21. The van der Waals surface area contributed by atoms with Crippen LogP contribution in [0.15, 0.2) is 33.9 Å². The summed E-state index contributed by atoms with van der Waals surface area (Å²) >= 11 is 1.43. The minimum atomic E-state index is -0.379. The third-order valence-corrected chi connectivity index (χ3v) is 3.85. The average Bonchev–Trinajstić information content (AvgIpc) is 2.56. The van der Waals surface area contributed by atoms with Gasteiger partial charge in [0.15, 0.2) is 0 Å². The molecular weight excluding hydrogens is 226 g/mol. The largest absolute Gasteiger partial charge is 0.361 e. The molecule has 1 fully saturated rings. The van der Waals surface area contributed by atoms with E-state index in [0.29, 0.717) is 6.42 Å². The first-order valence-electron chi connectivity index (χ1n) is 4.70. The average molecular weight is 235 g/mol. The van der Waals surface area contributed by atoms with Crippen molar-refractivity contribution in [3.63, 3.8) is 0 Å². The number of hydrogen-bond donors (Lipinski definition) is 0. The molecule has 5 nitrogen and oxygen atoms in total. The molecule has 1 aliphatic heterocycles. The van der Waals surface area contributed by atoms with E-state index in [1.807, 2.05) is 18.0 Å². The van der Waals surface area contributed by atoms with Crippen molar-refractivity contribution in [1.29, 1.82) is 5.26 Å². The highest BCUT2D eigenvalue weighted by Gasteiger charge is 2.34. The Balaban J connectivity index is 2.29. The third kappa shape index (κ3) is 1.70. The van der Waals surface area contributed by atoms with Gasteiger partial charge in [0.25, 0.3) is 5.70 Å². The van der Waals surface area contributed by atoms with Crippen LogP contribution in [0.4, 0.5) is 0 Å². The van der Waals surface area contributed by atoms with Crippen LogP contribution in [0.1, 0.15) is 6.42 Å². The van der Waals surface area contributed by atoms with Crippen LogP contribution in [0.3, 0.4) is 0 Å². The van der Waals surface area contributed by atoms with Crippen LogP contribution in [0.5, 0.6) is 0 Å². The second kappa shape index (κ2) is 4.02. The third-order valence-electron chi connectivity index (χ3n) is 2.61. The van der Waals surface area contributed by atoms with Gasteiger partial charge in [-0.2, -0.15) is 5.26 Å². The van der Waals surface area contributed by atoms with Gasteiger partial charge in [-0.05, 0) is 12.5 Å². The molecule has 1 saturated heterocycles. The van der Waals surface area contributed by atoms with E-state index in [1.165, 1.54) is 17.8 Å². The van der Waals surface area contributed by atoms with E-state index in [0.717, 1.165) is 9.93 Å². The molecule has 0 radical (unpaired) electrons. The molecule has 0 aromatic heterocycles. The molecule has 2 rings (SSSR count). The lowest BCUT2D eigenvalue weighted by atomic mass is 10.1. The first-order chi connectivity index (χ1) is 7.63. The van der Waals surface area contributed by atoms with Gasteiger partial charge in [0.2, 0.25) is 0 Å². The van der Waals surface area contributed by atoms with Gasteiger partial charge in [0, 0.05) is 24.1 Å². The van der Waals surface area contributed by atoms with Gasteiger partial charge in [-0.3, -0.25) is 10.1 Å². The normalized spacial score (nSPS) is 25.9. The molecular formula is C10H9N3O2S. The molecule has 0 N–H and O–H groups in total. The zero-order valence-electron chi connectivity index (χ0n) is 8.58. The van der Waals surface area contributed by atoms with Crippen LogP contribution in [-0.2, 0) is 0 Å². The summed E-state index contributed by atoms with van der Waals surface area (Å²) in [5.74, 6) is 0. The van der Waals surface area contributed by atoms with E-state index in [2.05, 4.69) is 0 Å². The van der Waals surface area contributed by atoms with Gasteiger partial charge < -0.3 is 4.90 Å². The van der Waals surface area contributed by atoms with E-state index < -0.39 is 0 Å². The number of allylic oxidation sites excluding steroid dienone is 2. The Hall–Kier alpha value is -1.74. The smallest absolute Gasteiger partial charge is 0.266 e. The Morgan fingerprint density at radius 2 is 2.56 bits per heavy atom. The molecule has 16 heavy (non-hydrogen) atoms. The molecule has 1 heterocycles. The molecule has 0 spiro atoms. The van der Waals surface area contributed by atoms with E-state index >= 15 is 0 Å². The number of hydrogen-bond acceptors (Lipinski definition) is 5. The zero-order chi connectivity index (χ0) is 11.7. The van der Waals surface area contributed by atoms with Crippen LogP contribution < -0.4 is 0 Å². The Labute approximate surface area is 96.9 Å². The van der Waals surface area contributed by atoms with E-state index in [-0.39, 0.29) is 16.7 Å². The number of thioether (sulfide) groups is 1. The van der Waals surface area contributed by atoms with Crippen LogP contribution in [0.25, 0.3) is 0 Å². The highest BCUT2D eigenvalue weighted by molar-refractivity contribution is 8.07. The lowest BCUT2D eigenvalue weighted by Gasteiger charge is -2.21. The second-order valence-corrected chi connectivity index (χ2v) is 4.60. The monoisotopic (exact) mass is 235 g/mol. The van der Waals surface area contributed by atoms with Crippen molar-refractivity contribution < 1.29 is 4.92 Å². The maximum atomic E-state index is 10.6. The Morgan fingerprint density at radius 3 is 3.19 bits per heavy atom. The summed E-state index contributed by atoms with van der Waals surface area (Å²) in [4.78, 5) is 13.2. The van der Waals surface area contributed by atoms with Crippen molar-refractivity contribution in [3.05, 3.63) is 44.0 Å². The fourth-order valence-corrected chi connectivity index (χ4v) is 2.95. The minimum absolute atomic E-state index is 0.144. The highest BCUT2D eigenvalue weighted by atomic mass is 32.2. The molecule has 2 aliphatic rings. The molecule has 0 amide bonds. The lowest BCUT2D eigenvalue weighted by molar-refractivity contribution is -0.419. The van der Waals surface area contributed by atoms with Crippen molar-refractivity contribution >= 4 is 11.8 Å². The van der Waals surface area contributed by atoms with Crippen LogP contribution in [-0.4, -0.2) is 22.9 Å². The van der Waals surface area contributed by atoms with Gasteiger partial charge in [-0.15, -0.1) is 0 Å². The summed E-state index contributed by atoms with van der Waals surface area (Å²) in [7, 11) is 1.90. The molecule has 0 bridgehead atoms. The van der Waals surface area contributed by atoms with Crippen LogP contribution in [0.2, 0.25) is 0 Å². The number of likely N-dealkylation sites (N-methyl/N-ethyl adjacent to an activating group) is 1. The summed E-state index contributed by atoms with van der Waals surface area (Å²) in [6.07, 6.45) is 5.30. The Kier molecular flexibility index (Phi) is 2.71. The van der Waals surface area contributed by atoms with E-state index in [1.54, 1.807) is 12.2 Å². The summed E-state index contributed by atoms with van der Waals surface area (Å²) in [6, 6.07) is 2.13. The predicted octanol–water partition coefficient (Wildman–Crippen LogP) is 1.85. The first kappa shape index (κ1) is 10.8. The molecule has 0 saturated carbocycles.